The Hall–Kier alpha value is -1.66. The smallest absolute Gasteiger partial charge is 0.194 e. The Labute approximate surface area is 102 Å². The summed E-state index contributed by atoms with van der Waals surface area (Å²) in [4.78, 5) is 14.2. The molecule has 1 unspecified atom stereocenters. The number of benzene rings is 1. The highest BCUT2D eigenvalue weighted by molar-refractivity contribution is 6.01. The topological polar surface area (TPSA) is 44.1 Å². The predicted octanol–water partition coefficient (Wildman–Crippen LogP) is 2.25. The molecule has 1 heterocycles. The van der Waals surface area contributed by atoms with Crippen LogP contribution >= 0.6 is 0 Å². The summed E-state index contributed by atoms with van der Waals surface area (Å²) < 4.78 is 0. The highest BCUT2D eigenvalue weighted by Crippen LogP contribution is 2.15. The maximum absolute atomic E-state index is 12.2. The fraction of sp³-hybridized carbons (Fsp3) is 0.429. The fourth-order valence-electron chi connectivity index (χ4n) is 2.24. The van der Waals surface area contributed by atoms with E-state index in [0.717, 1.165) is 25.9 Å². The van der Waals surface area contributed by atoms with Crippen LogP contribution < -0.4 is 0 Å². The number of likely N-dealkylation sites (tertiary alicyclic amines) is 1. The number of carbonyl (C=O) groups excluding carboxylic acids is 1. The Balaban J connectivity index is 2.13. The normalized spacial score (nSPS) is 18.3. The molecule has 0 saturated carbocycles. The number of ketones is 1. The molecule has 0 amide bonds. The summed E-state index contributed by atoms with van der Waals surface area (Å²) in [5.41, 5.74) is 0.629. The highest BCUT2D eigenvalue weighted by atomic mass is 16.1. The molecule has 1 aromatic carbocycles. The maximum atomic E-state index is 12.2. The van der Waals surface area contributed by atoms with E-state index in [4.69, 9.17) is 0 Å². The first-order chi connectivity index (χ1) is 8.33. The van der Waals surface area contributed by atoms with Crippen LogP contribution in [0.15, 0.2) is 30.3 Å². The van der Waals surface area contributed by atoms with Gasteiger partial charge in [-0.05, 0) is 25.9 Å². The summed E-state index contributed by atoms with van der Waals surface area (Å²) in [6.07, 6.45) is 3.37. The molecule has 1 aromatic rings. The van der Waals surface area contributed by atoms with Crippen molar-refractivity contribution in [1.82, 2.24) is 4.90 Å². The van der Waals surface area contributed by atoms with Crippen LogP contribution in [0.1, 0.15) is 29.6 Å². The van der Waals surface area contributed by atoms with E-state index in [1.807, 2.05) is 23.1 Å². The molecule has 0 N–H and O–H groups in total. The lowest BCUT2D eigenvalue weighted by atomic mass is 10.0. The predicted molar refractivity (Wildman–Crippen MR) is 65.6 cm³/mol. The molecule has 1 aliphatic rings. The SMILES string of the molecule is N#CC(C(=O)c1ccccc1)N1CCCCC1. The largest absolute Gasteiger partial charge is 0.291 e. The number of Topliss-reactive ketones (excluding diaryl/α,β-unsaturated/α-hetero) is 1. The summed E-state index contributed by atoms with van der Waals surface area (Å²) in [5, 5.41) is 9.20. The lowest BCUT2D eigenvalue weighted by molar-refractivity contribution is 0.0851. The summed E-state index contributed by atoms with van der Waals surface area (Å²) in [6.45, 7) is 1.72. The second-order valence-electron chi connectivity index (χ2n) is 4.36. The van der Waals surface area contributed by atoms with Crippen molar-refractivity contribution in [2.24, 2.45) is 0 Å². The number of rotatable bonds is 3. The Kier molecular flexibility index (Phi) is 3.89. The van der Waals surface area contributed by atoms with Crippen molar-refractivity contribution in [1.29, 1.82) is 5.26 Å². The fourth-order valence-corrected chi connectivity index (χ4v) is 2.24. The van der Waals surface area contributed by atoms with Crippen LogP contribution in [0.25, 0.3) is 0 Å². The molecular formula is C14H16N2O. The van der Waals surface area contributed by atoms with Crippen molar-refractivity contribution in [3.63, 3.8) is 0 Å². The minimum absolute atomic E-state index is 0.0741. The van der Waals surface area contributed by atoms with Gasteiger partial charge in [-0.3, -0.25) is 9.69 Å². The third kappa shape index (κ3) is 2.72. The number of nitrogens with zero attached hydrogens (tertiary/aromatic N) is 2. The zero-order chi connectivity index (χ0) is 12.1. The second-order valence-corrected chi connectivity index (χ2v) is 4.36. The molecule has 17 heavy (non-hydrogen) atoms. The van der Waals surface area contributed by atoms with Crippen molar-refractivity contribution in [3.05, 3.63) is 35.9 Å². The molecule has 88 valence electrons. The van der Waals surface area contributed by atoms with Crippen LogP contribution in [-0.2, 0) is 0 Å². The standard InChI is InChI=1S/C14H16N2O/c15-11-13(16-9-5-2-6-10-16)14(17)12-7-3-1-4-8-12/h1,3-4,7-8,13H,2,5-6,9-10H2. The zero-order valence-electron chi connectivity index (χ0n) is 9.80. The maximum Gasteiger partial charge on any atom is 0.194 e. The Bertz CT molecular complexity index is 416. The Morgan fingerprint density at radius 3 is 2.41 bits per heavy atom. The van der Waals surface area contributed by atoms with E-state index in [9.17, 15) is 10.1 Å². The first-order valence-corrected chi connectivity index (χ1v) is 6.06. The van der Waals surface area contributed by atoms with Crippen LogP contribution in [-0.4, -0.2) is 29.8 Å². The van der Waals surface area contributed by atoms with E-state index < -0.39 is 6.04 Å². The van der Waals surface area contributed by atoms with E-state index in [-0.39, 0.29) is 5.78 Å². The molecule has 0 radical (unpaired) electrons. The summed E-state index contributed by atoms with van der Waals surface area (Å²) in [5.74, 6) is -0.0741. The van der Waals surface area contributed by atoms with Crippen molar-refractivity contribution >= 4 is 5.78 Å². The van der Waals surface area contributed by atoms with Gasteiger partial charge in [-0.15, -0.1) is 0 Å². The molecule has 0 aromatic heterocycles. The molecule has 1 fully saturated rings. The molecule has 0 spiro atoms. The van der Waals surface area contributed by atoms with Gasteiger partial charge < -0.3 is 0 Å². The lowest BCUT2D eigenvalue weighted by Crippen LogP contribution is -2.43. The molecule has 1 aliphatic heterocycles. The third-order valence-corrected chi connectivity index (χ3v) is 3.18. The monoisotopic (exact) mass is 228 g/mol. The number of nitriles is 1. The van der Waals surface area contributed by atoms with Gasteiger partial charge in [0.2, 0.25) is 0 Å². The van der Waals surface area contributed by atoms with E-state index in [2.05, 4.69) is 6.07 Å². The van der Waals surface area contributed by atoms with Gasteiger partial charge in [0.15, 0.2) is 11.8 Å². The average Bonchev–Trinajstić information content (AvgIpc) is 2.42. The molecule has 3 nitrogen and oxygen atoms in total. The third-order valence-electron chi connectivity index (χ3n) is 3.18. The van der Waals surface area contributed by atoms with Crippen molar-refractivity contribution in [3.8, 4) is 6.07 Å². The molecule has 0 bridgehead atoms. The van der Waals surface area contributed by atoms with Gasteiger partial charge in [-0.2, -0.15) is 5.26 Å². The van der Waals surface area contributed by atoms with Gasteiger partial charge in [0.05, 0.1) is 6.07 Å². The van der Waals surface area contributed by atoms with Crippen molar-refractivity contribution < 1.29 is 4.79 Å². The quantitative estimate of drug-likeness (QED) is 0.745. The second kappa shape index (κ2) is 5.60. The zero-order valence-corrected chi connectivity index (χ0v) is 9.80. The van der Waals surface area contributed by atoms with Gasteiger partial charge >= 0.3 is 0 Å². The molecule has 1 atom stereocenters. The summed E-state index contributed by atoms with van der Waals surface area (Å²) in [7, 11) is 0. The molecule has 3 heteroatoms. The highest BCUT2D eigenvalue weighted by Gasteiger charge is 2.27. The Morgan fingerprint density at radius 2 is 1.82 bits per heavy atom. The first-order valence-electron chi connectivity index (χ1n) is 6.06. The number of piperidine rings is 1. The number of hydrogen-bond acceptors (Lipinski definition) is 3. The van der Waals surface area contributed by atoms with E-state index >= 15 is 0 Å². The summed E-state index contributed by atoms with van der Waals surface area (Å²) in [6, 6.07) is 10.6. The van der Waals surface area contributed by atoms with E-state index in [0.29, 0.717) is 5.56 Å². The van der Waals surface area contributed by atoms with Gasteiger partial charge in [-0.1, -0.05) is 36.8 Å². The van der Waals surface area contributed by atoms with Crippen LogP contribution in [0, 0.1) is 11.3 Å². The number of hydrogen-bond donors (Lipinski definition) is 0. The van der Waals surface area contributed by atoms with Crippen LogP contribution in [0.5, 0.6) is 0 Å². The van der Waals surface area contributed by atoms with Crippen molar-refractivity contribution in [2.45, 2.75) is 25.3 Å². The van der Waals surface area contributed by atoms with E-state index in [1.165, 1.54) is 6.42 Å². The molecular weight excluding hydrogens is 212 g/mol. The van der Waals surface area contributed by atoms with Gasteiger partial charge in [0.25, 0.3) is 0 Å². The van der Waals surface area contributed by atoms with Crippen molar-refractivity contribution in [2.75, 3.05) is 13.1 Å². The molecule has 2 rings (SSSR count). The van der Waals surface area contributed by atoms with Crippen LogP contribution in [0.4, 0.5) is 0 Å². The molecule has 0 aliphatic carbocycles. The minimum Gasteiger partial charge on any atom is -0.291 e. The van der Waals surface area contributed by atoms with Gasteiger partial charge in [0.1, 0.15) is 0 Å². The average molecular weight is 228 g/mol. The van der Waals surface area contributed by atoms with E-state index in [1.54, 1.807) is 12.1 Å². The first kappa shape index (κ1) is 11.8. The van der Waals surface area contributed by atoms with Gasteiger partial charge in [0, 0.05) is 5.56 Å². The van der Waals surface area contributed by atoms with Crippen LogP contribution in [0.3, 0.4) is 0 Å². The minimum atomic E-state index is -0.613. The lowest BCUT2D eigenvalue weighted by Gasteiger charge is -2.29. The Morgan fingerprint density at radius 1 is 1.18 bits per heavy atom. The van der Waals surface area contributed by atoms with Gasteiger partial charge in [-0.25, -0.2) is 0 Å². The molecule has 1 saturated heterocycles. The summed E-state index contributed by atoms with van der Waals surface area (Å²) >= 11 is 0. The number of carbonyl (C=O) groups is 1. The van der Waals surface area contributed by atoms with Crippen LogP contribution in [0.2, 0.25) is 0 Å².